The van der Waals surface area contributed by atoms with Crippen LogP contribution in [-0.4, -0.2) is 37.5 Å². The molecule has 1 atom stereocenters. The molecule has 1 heterocycles. The van der Waals surface area contributed by atoms with E-state index < -0.39 is 0 Å². The van der Waals surface area contributed by atoms with E-state index in [9.17, 15) is 9.59 Å². The average molecular weight is 394 g/mol. The van der Waals surface area contributed by atoms with Crippen LogP contribution in [0.25, 0.3) is 0 Å². The number of para-hydroxylation sites is 1. The first-order chi connectivity index (χ1) is 13.9. The van der Waals surface area contributed by atoms with Gasteiger partial charge in [-0.15, -0.1) is 0 Å². The third-order valence-electron chi connectivity index (χ3n) is 5.75. The highest BCUT2D eigenvalue weighted by molar-refractivity contribution is 6.04. The number of carbonyl (C=O) groups is 2. The molecule has 0 spiro atoms. The molecule has 0 N–H and O–H groups in total. The molecular formula is C24H31N3O2. The number of aryl methyl sites for hydroxylation is 1. The summed E-state index contributed by atoms with van der Waals surface area (Å²) < 4.78 is 0. The topological polar surface area (TPSA) is 43.9 Å². The summed E-state index contributed by atoms with van der Waals surface area (Å²) in [5.41, 5.74) is 5.06. The van der Waals surface area contributed by atoms with Crippen molar-refractivity contribution < 1.29 is 9.59 Å². The summed E-state index contributed by atoms with van der Waals surface area (Å²) in [6.07, 6.45) is 0.847. The largest absolute Gasteiger partial charge is 0.372 e. The lowest BCUT2D eigenvalue weighted by molar-refractivity contribution is -0.121. The van der Waals surface area contributed by atoms with Gasteiger partial charge in [0.25, 0.3) is 0 Å². The number of carbonyl (C=O) groups excluding carboxylic acids is 2. The van der Waals surface area contributed by atoms with Crippen LogP contribution in [0, 0.1) is 6.92 Å². The van der Waals surface area contributed by atoms with E-state index in [0.29, 0.717) is 0 Å². The first-order valence-corrected chi connectivity index (χ1v) is 10.4. The van der Waals surface area contributed by atoms with Gasteiger partial charge in [-0.05, 0) is 69.5 Å². The van der Waals surface area contributed by atoms with Crippen LogP contribution in [0.2, 0.25) is 0 Å². The molecule has 29 heavy (non-hydrogen) atoms. The molecule has 5 heteroatoms. The number of hydrogen-bond donors (Lipinski definition) is 0. The number of amides is 2. The van der Waals surface area contributed by atoms with Gasteiger partial charge < -0.3 is 14.7 Å². The molecule has 0 aliphatic carbocycles. The summed E-state index contributed by atoms with van der Waals surface area (Å²) in [6.45, 7) is 11.7. The van der Waals surface area contributed by atoms with Gasteiger partial charge in [-0.1, -0.05) is 18.2 Å². The normalized spacial score (nSPS) is 15.2. The first-order valence-electron chi connectivity index (χ1n) is 10.4. The molecule has 2 amide bonds. The van der Waals surface area contributed by atoms with E-state index in [0.717, 1.165) is 42.1 Å². The van der Waals surface area contributed by atoms with Crippen molar-refractivity contribution in [3.8, 4) is 0 Å². The van der Waals surface area contributed by atoms with E-state index in [1.165, 1.54) is 12.5 Å². The summed E-state index contributed by atoms with van der Waals surface area (Å²) in [4.78, 5) is 31.4. The summed E-state index contributed by atoms with van der Waals surface area (Å²) in [7, 11) is 0. The minimum absolute atomic E-state index is 0.0411. The Bertz CT molecular complexity index is 905. The lowest BCUT2D eigenvalue weighted by Gasteiger charge is -2.29. The van der Waals surface area contributed by atoms with Crippen LogP contribution >= 0.6 is 0 Å². The minimum atomic E-state index is -0.128. The third kappa shape index (κ3) is 4.14. The van der Waals surface area contributed by atoms with E-state index >= 15 is 0 Å². The maximum atomic E-state index is 13.2. The Labute approximate surface area is 173 Å². The van der Waals surface area contributed by atoms with Gasteiger partial charge >= 0.3 is 0 Å². The van der Waals surface area contributed by atoms with Crippen LogP contribution in [0.15, 0.2) is 42.5 Å². The van der Waals surface area contributed by atoms with Gasteiger partial charge in [0.1, 0.15) is 6.54 Å². The smallest absolute Gasteiger partial charge is 0.247 e. The van der Waals surface area contributed by atoms with Crippen molar-refractivity contribution in [3.63, 3.8) is 0 Å². The Balaban J connectivity index is 1.86. The predicted molar refractivity (Wildman–Crippen MR) is 120 cm³/mol. The van der Waals surface area contributed by atoms with Crippen molar-refractivity contribution >= 4 is 28.9 Å². The third-order valence-corrected chi connectivity index (χ3v) is 5.75. The minimum Gasteiger partial charge on any atom is -0.372 e. The quantitative estimate of drug-likeness (QED) is 0.740. The maximum absolute atomic E-state index is 13.2. The van der Waals surface area contributed by atoms with Crippen LogP contribution < -0.4 is 14.7 Å². The molecular weight excluding hydrogens is 362 g/mol. The fraction of sp³-hybridized carbons (Fsp3) is 0.417. The molecule has 3 rings (SSSR count). The number of nitrogens with zero attached hydrogens (tertiary/aromatic N) is 3. The van der Waals surface area contributed by atoms with Gasteiger partial charge in [-0.25, -0.2) is 0 Å². The molecule has 2 aromatic carbocycles. The Morgan fingerprint density at radius 3 is 2.41 bits per heavy atom. The van der Waals surface area contributed by atoms with E-state index in [-0.39, 0.29) is 24.4 Å². The van der Waals surface area contributed by atoms with Gasteiger partial charge in [0, 0.05) is 43.1 Å². The number of benzene rings is 2. The molecule has 1 aliphatic heterocycles. The molecule has 0 radical (unpaired) electrons. The summed E-state index contributed by atoms with van der Waals surface area (Å²) in [6, 6.07) is 14.2. The molecule has 1 aliphatic rings. The molecule has 2 aromatic rings. The van der Waals surface area contributed by atoms with E-state index in [2.05, 4.69) is 37.8 Å². The van der Waals surface area contributed by atoms with Gasteiger partial charge in [-0.3, -0.25) is 9.59 Å². The Hall–Kier alpha value is -2.82. The number of anilines is 3. The maximum Gasteiger partial charge on any atom is 0.247 e. The Kier molecular flexibility index (Phi) is 6.26. The van der Waals surface area contributed by atoms with Crippen molar-refractivity contribution in [2.24, 2.45) is 0 Å². The van der Waals surface area contributed by atoms with Gasteiger partial charge in [0.05, 0.1) is 0 Å². The van der Waals surface area contributed by atoms with E-state index in [1.54, 1.807) is 4.90 Å². The lowest BCUT2D eigenvalue weighted by Crippen LogP contribution is -2.45. The molecule has 154 valence electrons. The number of rotatable bonds is 6. The molecule has 0 fully saturated rings. The van der Waals surface area contributed by atoms with Gasteiger partial charge in [0.2, 0.25) is 11.8 Å². The highest BCUT2D eigenvalue weighted by Crippen LogP contribution is 2.32. The zero-order valence-electron chi connectivity index (χ0n) is 18.1. The van der Waals surface area contributed by atoms with Crippen LogP contribution in [0.5, 0.6) is 0 Å². The predicted octanol–water partition coefficient (Wildman–Crippen LogP) is 4.17. The van der Waals surface area contributed by atoms with Crippen molar-refractivity contribution in [3.05, 3.63) is 53.6 Å². The summed E-state index contributed by atoms with van der Waals surface area (Å²) in [5, 5.41) is 0. The van der Waals surface area contributed by atoms with E-state index in [1.807, 2.05) is 42.2 Å². The van der Waals surface area contributed by atoms with Crippen molar-refractivity contribution in [2.75, 3.05) is 34.3 Å². The lowest BCUT2D eigenvalue weighted by atomic mass is 10.1. The van der Waals surface area contributed by atoms with Crippen LogP contribution in [0.4, 0.5) is 17.1 Å². The molecule has 0 saturated carbocycles. The van der Waals surface area contributed by atoms with Crippen LogP contribution in [0.3, 0.4) is 0 Å². The fourth-order valence-corrected chi connectivity index (χ4v) is 4.25. The summed E-state index contributed by atoms with van der Waals surface area (Å²) in [5.74, 6) is -0.179. The highest BCUT2D eigenvalue weighted by Gasteiger charge is 2.32. The van der Waals surface area contributed by atoms with E-state index in [4.69, 9.17) is 0 Å². The first kappa shape index (κ1) is 20.9. The second-order valence-corrected chi connectivity index (χ2v) is 7.69. The second kappa shape index (κ2) is 8.68. The van der Waals surface area contributed by atoms with Crippen molar-refractivity contribution in [2.45, 2.75) is 47.1 Å². The molecule has 1 unspecified atom stereocenters. The van der Waals surface area contributed by atoms with Crippen molar-refractivity contribution in [1.29, 1.82) is 0 Å². The number of fused-ring (bicyclic) bond motifs is 1. The van der Waals surface area contributed by atoms with Crippen LogP contribution in [0.1, 0.15) is 38.8 Å². The monoisotopic (exact) mass is 393 g/mol. The SMILES string of the molecule is CCN(CC)c1ccc(N(CC(=O)N2c3ccccc3CC2C)C(C)=O)c(C)c1. The summed E-state index contributed by atoms with van der Waals surface area (Å²) >= 11 is 0. The average Bonchev–Trinajstić information content (AvgIpc) is 3.03. The molecule has 0 saturated heterocycles. The zero-order chi connectivity index (χ0) is 21.1. The molecule has 0 bridgehead atoms. The fourth-order valence-electron chi connectivity index (χ4n) is 4.25. The molecule has 5 nitrogen and oxygen atoms in total. The zero-order valence-corrected chi connectivity index (χ0v) is 18.1. The standard InChI is InChI=1S/C24H31N3O2/c1-6-25(7-2)21-12-13-22(17(3)14-21)26(19(5)28)16-24(29)27-18(4)15-20-10-8-9-11-23(20)27/h8-14,18H,6-7,15-16H2,1-5H3. The van der Waals surface area contributed by atoms with Gasteiger partial charge in [-0.2, -0.15) is 0 Å². The van der Waals surface area contributed by atoms with Gasteiger partial charge in [0.15, 0.2) is 0 Å². The van der Waals surface area contributed by atoms with Crippen molar-refractivity contribution in [1.82, 2.24) is 0 Å². The second-order valence-electron chi connectivity index (χ2n) is 7.69. The number of hydrogen-bond acceptors (Lipinski definition) is 3. The Morgan fingerprint density at radius 2 is 1.79 bits per heavy atom. The Morgan fingerprint density at radius 1 is 1.10 bits per heavy atom. The van der Waals surface area contributed by atoms with Crippen LogP contribution in [-0.2, 0) is 16.0 Å². The highest BCUT2D eigenvalue weighted by atomic mass is 16.2. The molecule has 0 aromatic heterocycles.